The normalized spacial score (nSPS) is 12.4. The van der Waals surface area contributed by atoms with Gasteiger partial charge in [-0.05, 0) is 44.2 Å². The molecule has 0 aliphatic heterocycles. The minimum atomic E-state index is -4.63. The number of halogens is 3. The van der Waals surface area contributed by atoms with Gasteiger partial charge in [-0.25, -0.2) is 14.8 Å². The van der Waals surface area contributed by atoms with Gasteiger partial charge in [0, 0.05) is 41.6 Å². The molecule has 0 spiro atoms. The smallest absolute Gasteiger partial charge is 0.425 e. The Labute approximate surface area is 198 Å². The first kappa shape index (κ1) is 23.9. The van der Waals surface area contributed by atoms with Crippen LogP contribution >= 0.6 is 0 Å². The first-order chi connectivity index (χ1) is 16.7. The summed E-state index contributed by atoms with van der Waals surface area (Å²) >= 11 is 0. The number of benzene rings is 2. The van der Waals surface area contributed by atoms with E-state index in [0.717, 1.165) is 29.1 Å². The van der Waals surface area contributed by atoms with Crippen LogP contribution < -0.4 is 15.8 Å². The van der Waals surface area contributed by atoms with Crippen LogP contribution in [0.2, 0.25) is 0 Å². The first-order valence-corrected chi connectivity index (χ1v) is 10.7. The van der Waals surface area contributed by atoms with Gasteiger partial charge in [0.1, 0.15) is 5.75 Å². The van der Waals surface area contributed by atoms with Gasteiger partial charge >= 0.3 is 18.3 Å². The highest BCUT2D eigenvalue weighted by atomic mass is 19.4. The third kappa shape index (κ3) is 5.13. The molecule has 3 N–H and O–H groups in total. The van der Waals surface area contributed by atoms with Gasteiger partial charge in [-0.2, -0.15) is 13.2 Å². The number of anilines is 2. The number of carbonyl (C=O) groups is 1. The van der Waals surface area contributed by atoms with Gasteiger partial charge in [0.2, 0.25) is 0 Å². The fourth-order valence-corrected chi connectivity index (χ4v) is 3.59. The Morgan fingerprint density at radius 2 is 1.83 bits per heavy atom. The van der Waals surface area contributed by atoms with Crippen LogP contribution in [0.3, 0.4) is 0 Å². The van der Waals surface area contributed by atoms with Crippen molar-refractivity contribution in [3.63, 3.8) is 0 Å². The number of amides is 1. The monoisotopic (exact) mass is 485 g/mol. The highest BCUT2D eigenvalue weighted by Gasteiger charge is 2.39. The number of nitrogens with zero attached hydrogens (tertiary/aromatic N) is 3. The number of aromatic nitrogens is 3. The summed E-state index contributed by atoms with van der Waals surface area (Å²) in [5.41, 5.74) is 9.69. The topological polar surface area (TPSA) is 104 Å². The summed E-state index contributed by atoms with van der Waals surface area (Å²) in [6.07, 6.45) is -4.88. The molecule has 1 amide bonds. The SMILES string of the molecule is CCn1c(-c2ccc(NC(=O)O[C@H](C)C(F)(F)F)cc2)c(N)c2ccc(Oc3ncccn3)cc21. The Morgan fingerprint density at radius 1 is 1.14 bits per heavy atom. The zero-order valence-corrected chi connectivity index (χ0v) is 18.8. The number of hydrogen-bond donors (Lipinski definition) is 2. The highest BCUT2D eigenvalue weighted by Crippen LogP contribution is 2.38. The number of fused-ring (bicyclic) bond motifs is 1. The Hall–Kier alpha value is -4.28. The maximum absolute atomic E-state index is 12.6. The maximum Gasteiger partial charge on any atom is 0.425 e. The minimum absolute atomic E-state index is 0.223. The van der Waals surface area contributed by atoms with Crippen molar-refractivity contribution in [2.75, 3.05) is 11.1 Å². The third-order valence-corrected chi connectivity index (χ3v) is 5.29. The maximum atomic E-state index is 12.6. The lowest BCUT2D eigenvalue weighted by Crippen LogP contribution is -2.32. The predicted octanol–water partition coefficient (Wildman–Crippen LogP) is 5.99. The summed E-state index contributed by atoms with van der Waals surface area (Å²) in [4.78, 5) is 19.9. The quantitative estimate of drug-likeness (QED) is 0.348. The molecule has 0 aliphatic rings. The second-order valence-electron chi connectivity index (χ2n) is 7.61. The predicted molar refractivity (Wildman–Crippen MR) is 125 cm³/mol. The van der Waals surface area contributed by atoms with E-state index in [1.165, 1.54) is 0 Å². The van der Waals surface area contributed by atoms with E-state index in [4.69, 9.17) is 10.5 Å². The average molecular weight is 485 g/mol. The van der Waals surface area contributed by atoms with Crippen molar-refractivity contribution in [1.82, 2.24) is 14.5 Å². The lowest BCUT2D eigenvalue weighted by molar-refractivity contribution is -0.196. The number of rotatable bonds is 6. The van der Waals surface area contributed by atoms with Crippen LogP contribution in [-0.4, -0.2) is 32.9 Å². The van der Waals surface area contributed by atoms with E-state index < -0.39 is 18.4 Å². The van der Waals surface area contributed by atoms with Crippen LogP contribution in [0, 0.1) is 0 Å². The number of nitrogens with one attached hydrogen (secondary N) is 1. The van der Waals surface area contributed by atoms with Gasteiger partial charge in [0.15, 0.2) is 6.10 Å². The summed E-state index contributed by atoms with van der Waals surface area (Å²) in [7, 11) is 0. The molecule has 2 aromatic carbocycles. The average Bonchev–Trinajstić information content (AvgIpc) is 3.10. The lowest BCUT2D eigenvalue weighted by atomic mass is 10.1. The molecule has 2 heterocycles. The van der Waals surface area contributed by atoms with Crippen molar-refractivity contribution < 1.29 is 27.4 Å². The number of alkyl halides is 3. The van der Waals surface area contributed by atoms with Crippen LogP contribution in [0.5, 0.6) is 11.8 Å². The second-order valence-corrected chi connectivity index (χ2v) is 7.61. The Kier molecular flexibility index (Phi) is 6.50. The molecule has 0 saturated heterocycles. The molecule has 182 valence electrons. The number of nitrogen functional groups attached to an aromatic ring is 1. The summed E-state index contributed by atoms with van der Waals surface area (Å²) < 4.78 is 49.9. The molecule has 0 radical (unpaired) electrons. The van der Waals surface area contributed by atoms with Gasteiger partial charge in [-0.1, -0.05) is 12.1 Å². The fraction of sp³-hybridized carbons (Fsp3) is 0.208. The highest BCUT2D eigenvalue weighted by molar-refractivity contribution is 6.01. The number of nitrogens with two attached hydrogens (primary N) is 1. The van der Waals surface area contributed by atoms with Gasteiger partial charge in [-0.3, -0.25) is 5.32 Å². The molecule has 4 rings (SSSR count). The molecule has 0 aliphatic carbocycles. The molecule has 0 fully saturated rings. The van der Waals surface area contributed by atoms with Gasteiger partial charge in [-0.15, -0.1) is 0 Å². The molecule has 0 bridgehead atoms. The molecule has 2 aromatic heterocycles. The molecule has 1 atom stereocenters. The van der Waals surface area contributed by atoms with Crippen molar-refractivity contribution in [1.29, 1.82) is 0 Å². The third-order valence-electron chi connectivity index (χ3n) is 5.29. The number of hydrogen-bond acceptors (Lipinski definition) is 6. The summed E-state index contributed by atoms with van der Waals surface area (Å²) in [6.45, 7) is 3.35. The van der Waals surface area contributed by atoms with E-state index in [0.29, 0.717) is 18.0 Å². The minimum Gasteiger partial charge on any atom is -0.437 e. The molecule has 35 heavy (non-hydrogen) atoms. The molecule has 8 nitrogen and oxygen atoms in total. The Bertz CT molecular complexity index is 1340. The van der Waals surface area contributed by atoms with Gasteiger partial charge in [0.05, 0.1) is 16.9 Å². The van der Waals surface area contributed by atoms with Gasteiger partial charge < -0.3 is 19.8 Å². The van der Waals surface area contributed by atoms with Crippen molar-refractivity contribution >= 4 is 28.4 Å². The van der Waals surface area contributed by atoms with E-state index in [2.05, 4.69) is 20.0 Å². The number of aryl methyl sites for hydroxylation is 1. The van der Waals surface area contributed by atoms with Crippen molar-refractivity contribution in [2.45, 2.75) is 32.7 Å². The first-order valence-electron chi connectivity index (χ1n) is 10.7. The van der Waals surface area contributed by atoms with Gasteiger partial charge in [0.25, 0.3) is 0 Å². The largest absolute Gasteiger partial charge is 0.437 e. The van der Waals surface area contributed by atoms with Crippen molar-refractivity contribution in [3.05, 3.63) is 60.9 Å². The molecule has 0 unspecified atom stereocenters. The Balaban J connectivity index is 1.59. The van der Waals surface area contributed by atoms with E-state index in [-0.39, 0.29) is 11.7 Å². The molecule has 11 heteroatoms. The van der Waals surface area contributed by atoms with Crippen molar-refractivity contribution in [3.8, 4) is 23.0 Å². The standard InChI is InChI=1S/C24H22F3N5O3/c1-3-32-19-13-17(35-22-29-11-4-12-30-22)9-10-18(19)20(28)21(32)15-5-7-16(8-6-15)31-23(33)34-14(2)24(25,26)27/h4-14H,3,28H2,1-2H3,(H,31,33)/t14-/m1/s1. The van der Waals surface area contributed by atoms with E-state index >= 15 is 0 Å². The van der Waals surface area contributed by atoms with E-state index in [1.54, 1.807) is 48.8 Å². The van der Waals surface area contributed by atoms with Crippen LogP contribution in [0.4, 0.5) is 29.3 Å². The summed E-state index contributed by atoms with van der Waals surface area (Å²) in [6, 6.07) is 14.0. The second kappa shape index (κ2) is 9.53. The van der Waals surface area contributed by atoms with Crippen LogP contribution in [0.1, 0.15) is 13.8 Å². The van der Waals surface area contributed by atoms with Crippen LogP contribution in [-0.2, 0) is 11.3 Å². The Morgan fingerprint density at radius 3 is 2.46 bits per heavy atom. The number of ether oxygens (including phenoxy) is 2. The molecule has 4 aromatic rings. The van der Waals surface area contributed by atoms with Crippen LogP contribution in [0.25, 0.3) is 22.2 Å². The van der Waals surface area contributed by atoms with Crippen LogP contribution in [0.15, 0.2) is 60.9 Å². The molecular weight excluding hydrogens is 463 g/mol. The fourth-order valence-electron chi connectivity index (χ4n) is 3.59. The molecular formula is C24H22F3N5O3. The zero-order valence-electron chi connectivity index (χ0n) is 18.8. The van der Waals surface area contributed by atoms with Crippen molar-refractivity contribution in [2.24, 2.45) is 0 Å². The zero-order chi connectivity index (χ0) is 25.2. The number of carbonyl (C=O) groups excluding carboxylic acids is 1. The molecule has 0 saturated carbocycles. The lowest BCUT2D eigenvalue weighted by Gasteiger charge is -2.16. The van der Waals surface area contributed by atoms with E-state index in [9.17, 15) is 18.0 Å². The summed E-state index contributed by atoms with van der Waals surface area (Å²) in [5, 5.41) is 3.13. The van der Waals surface area contributed by atoms with E-state index in [1.807, 2.05) is 23.6 Å². The summed E-state index contributed by atoms with van der Waals surface area (Å²) in [5.74, 6) is 0.550.